The molecule has 0 atom stereocenters. The largest absolute Gasteiger partial charge is 0.461 e. The molecule has 0 saturated heterocycles. The van der Waals surface area contributed by atoms with Crippen molar-refractivity contribution in [3.63, 3.8) is 0 Å². The van der Waals surface area contributed by atoms with Crippen LogP contribution in [0.15, 0.2) is 6.07 Å². The van der Waals surface area contributed by atoms with Crippen molar-refractivity contribution >= 4 is 17.9 Å². The molecular weight excluding hydrogens is 278 g/mol. The Bertz CT molecular complexity index is 572. The van der Waals surface area contributed by atoms with E-state index in [2.05, 4.69) is 4.98 Å². The molecule has 7 heteroatoms. The summed E-state index contributed by atoms with van der Waals surface area (Å²) in [7, 11) is 0. The lowest BCUT2D eigenvalue weighted by molar-refractivity contribution is -0.232. The zero-order chi connectivity index (χ0) is 15.6. The van der Waals surface area contributed by atoms with Gasteiger partial charge in [-0.3, -0.25) is 9.59 Å². The van der Waals surface area contributed by atoms with Crippen molar-refractivity contribution in [2.24, 2.45) is 0 Å². The highest BCUT2D eigenvalue weighted by Crippen LogP contribution is 2.41. The second kappa shape index (κ2) is 5.59. The van der Waals surface area contributed by atoms with Crippen LogP contribution < -0.4 is 0 Å². The third kappa shape index (κ3) is 2.91. The maximum Gasteiger partial charge on any atom is 0.354 e. The van der Waals surface area contributed by atoms with Crippen LogP contribution in [0.5, 0.6) is 0 Å². The molecule has 2 rings (SSSR count). The Hall–Kier alpha value is -2.31. The summed E-state index contributed by atoms with van der Waals surface area (Å²) in [6.07, 6.45) is 0.836. The van der Waals surface area contributed by atoms with E-state index in [4.69, 9.17) is 14.2 Å². The molecule has 0 spiro atoms. The van der Waals surface area contributed by atoms with Crippen LogP contribution in [0.4, 0.5) is 0 Å². The number of H-pyrrole nitrogens is 1. The van der Waals surface area contributed by atoms with Gasteiger partial charge in [0.2, 0.25) is 0 Å². The van der Waals surface area contributed by atoms with E-state index in [9.17, 15) is 14.4 Å². The van der Waals surface area contributed by atoms with Gasteiger partial charge in [-0.1, -0.05) is 0 Å². The summed E-state index contributed by atoms with van der Waals surface area (Å²) in [4.78, 5) is 37.2. The number of aromatic nitrogens is 1. The van der Waals surface area contributed by atoms with Crippen molar-refractivity contribution in [2.75, 3.05) is 6.61 Å². The Labute approximate surface area is 121 Å². The van der Waals surface area contributed by atoms with Crippen LogP contribution in [0.2, 0.25) is 0 Å². The molecule has 1 aromatic heterocycles. The molecule has 0 aliphatic heterocycles. The lowest BCUT2D eigenvalue weighted by Gasteiger charge is -2.27. The Balaban J connectivity index is 2.38. The van der Waals surface area contributed by atoms with E-state index >= 15 is 0 Å². The van der Waals surface area contributed by atoms with Crippen molar-refractivity contribution in [2.45, 2.75) is 39.4 Å². The maximum atomic E-state index is 11.7. The second-order valence-corrected chi connectivity index (χ2v) is 4.74. The van der Waals surface area contributed by atoms with Gasteiger partial charge in [0.15, 0.2) is 0 Å². The normalized spacial score (nSPS) is 15.2. The SMILES string of the molecule is CCOC(=O)c1cc2c([nH]1)C(OC(C)=O)(OC(C)=O)CC2. The van der Waals surface area contributed by atoms with Crippen LogP contribution in [0, 0.1) is 0 Å². The zero-order valence-electron chi connectivity index (χ0n) is 12.1. The van der Waals surface area contributed by atoms with Gasteiger partial charge in [0.25, 0.3) is 5.79 Å². The molecular formula is C14H17NO6. The maximum absolute atomic E-state index is 11.7. The first-order valence-corrected chi connectivity index (χ1v) is 6.66. The highest BCUT2D eigenvalue weighted by atomic mass is 16.7. The van der Waals surface area contributed by atoms with Gasteiger partial charge >= 0.3 is 17.9 Å². The van der Waals surface area contributed by atoms with Crippen molar-refractivity contribution in [1.29, 1.82) is 0 Å². The van der Waals surface area contributed by atoms with Gasteiger partial charge in [0.1, 0.15) is 11.4 Å². The highest BCUT2D eigenvalue weighted by molar-refractivity contribution is 5.88. The number of rotatable bonds is 4. The number of esters is 3. The fourth-order valence-electron chi connectivity index (χ4n) is 2.47. The van der Waals surface area contributed by atoms with Gasteiger partial charge in [0.05, 0.1) is 6.61 Å². The van der Waals surface area contributed by atoms with Crippen LogP contribution in [0.1, 0.15) is 48.9 Å². The van der Waals surface area contributed by atoms with Crippen LogP contribution in [0.3, 0.4) is 0 Å². The summed E-state index contributed by atoms with van der Waals surface area (Å²) in [5.41, 5.74) is 1.42. The average molecular weight is 295 g/mol. The zero-order valence-corrected chi connectivity index (χ0v) is 12.1. The topological polar surface area (TPSA) is 94.7 Å². The number of aromatic amines is 1. The number of hydrogen-bond acceptors (Lipinski definition) is 6. The summed E-state index contributed by atoms with van der Waals surface area (Å²) >= 11 is 0. The molecule has 0 saturated carbocycles. The minimum absolute atomic E-state index is 0.241. The number of aryl methyl sites for hydroxylation is 1. The molecule has 0 fully saturated rings. The van der Waals surface area contributed by atoms with E-state index in [-0.39, 0.29) is 12.3 Å². The predicted molar refractivity (Wildman–Crippen MR) is 70.3 cm³/mol. The predicted octanol–water partition coefficient (Wildman–Crippen LogP) is 1.42. The molecule has 1 aliphatic rings. The van der Waals surface area contributed by atoms with Crippen molar-refractivity contribution in [3.05, 3.63) is 23.0 Å². The summed E-state index contributed by atoms with van der Waals surface area (Å²) in [5.74, 6) is -3.14. The minimum Gasteiger partial charge on any atom is -0.461 e. The quantitative estimate of drug-likeness (QED) is 0.666. The van der Waals surface area contributed by atoms with Gasteiger partial charge in [-0.15, -0.1) is 0 Å². The van der Waals surface area contributed by atoms with E-state index < -0.39 is 23.7 Å². The van der Waals surface area contributed by atoms with E-state index in [1.54, 1.807) is 13.0 Å². The molecule has 0 bridgehead atoms. The fraction of sp³-hybridized carbons (Fsp3) is 0.500. The van der Waals surface area contributed by atoms with Gasteiger partial charge in [-0.05, 0) is 25.0 Å². The van der Waals surface area contributed by atoms with E-state index in [0.29, 0.717) is 18.5 Å². The Morgan fingerprint density at radius 2 is 1.86 bits per heavy atom. The number of ether oxygens (including phenoxy) is 3. The van der Waals surface area contributed by atoms with Gasteiger partial charge in [0, 0.05) is 20.3 Å². The summed E-state index contributed by atoms with van der Waals surface area (Å²) in [6, 6.07) is 1.63. The van der Waals surface area contributed by atoms with Crippen molar-refractivity contribution in [1.82, 2.24) is 4.98 Å². The van der Waals surface area contributed by atoms with Crippen LogP contribution in [-0.2, 0) is 36.0 Å². The molecule has 1 heterocycles. The number of carbonyl (C=O) groups is 3. The van der Waals surface area contributed by atoms with Crippen LogP contribution in [-0.4, -0.2) is 29.5 Å². The van der Waals surface area contributed by atoms with E-state index in [1.165, 1.54) is 13.8 Å². The molecule has 1 N–H and O–H groups in total. The number of carbonyl (C=O) groups excluding carboxylic acids is 3. The first kappa shape index (κ1) is 15.1. The lowest BCUT2D eigenvalue weighted by atomic mass is 10.2. The van der Waals surface area contributed by atoms with Crippen LogP contribution >= 0.6 is 0 Å². The third-order valence-corrected chi connectivity index (χ3v) is 3.12. The first-order chi connectivity index (χ1) is 9.88. The number of hydrogen-bond donors (Lipinski definition) is 1. The number of fused-ring (bicyclic) bond motifs is 1. The Kier molecular flexibility index (Phi) is 4.02. The summed E-state index contributed by atoms with van der Waals surface area (Å²) < 4.78 is 15.4. The molecule has 0 unspecified atom stereocenters. The van der Waals surface area contributed by atoms with Gasteiger partial charge in [-0.2, -0.15) is 0 Å². The lowest BCUT2D eigenvalue weighted by Crippen LogP contribution is -2.35. The highest BCUT2D eigenvalue weighted by Gasteiger charge is 2.47. The van der Waals surface area contributed by atoms with Crippen molar-refractivity contribution in [3.8, 4) is 0 Å². The minimum atomic E-state index is -1.49. The monoisotopic (exact) mass is 295 g/mol. The average Bonchev–Trinajstić information content (AvgIpc) is 2.90. The summed E-state index contributed by atoms with van der Waals surface area (Å²) in [6.45, 7) is 4.43. The van der Waals surface area contributed by atoms with Crippen LogP contribution in [0.25, 0.3) is 0 Å². The number of nitrogens with one attached hydrogen (secondary N) is 1. The van der Waals surface area contributed by atoms with Gasteiger partial charge < -0.3 is 19.2 Å². The first-order valence-electron chi connectivity index (χ1n) is 6.66. The molecule has 1 aliphatic carbocycles. The van der Waals surface area contributed by atoms with Crippen molar-refractivity contribution < 1.29 is 28.6 Å². The Morgan fingerprint density at radius 3 is 2.38 bits per heavy atom. The molecule has 114 valence electrons. The van der Waals surface area contributed by atoms with Gasteiger partial charge in [-0.25, -0.2) is 4.79 Å². The molecule has 7 nitrogen and oxygen atoms in total. The molecule has 0 radical (unpaired) electrons. The second-order valence-electron chi connectivity index (χ2n) is 4.74. The Morgan fingerprint density at radius 1 is 1.24 bits per heavy atom. The standard InChI is InChI=1S/C14H17NO6/c1-4-19-13(18)11-7-10-5-6-14(12(10)15-11,20-8(2)16)21-9(3)17/h7,15H,4-6H2,1-3H3. The molecule has 21 heavy (non-hydrogen) atoms. The summed E-state index contributed by atoms with van der Waals surface area (Å²) in [5, 5.41) is 0. The molecule has 1 aromatic rings. The molecule has 0 amide bonds. The molecule has 0 aromatic carbocycles. The van der Waals surface area contributed by atoms with E-state index in [1.807, 2.05) is 0 Å². The fourth-order valence-corrected chi connectivity index (χ4v) is 2.47. The third-order valence-electron chi connectivity index (χ3n) is 3.12. The smallest absolute Gasteiger partial charge is 0.354 e. The van der Waals surface area contributed by atoms with E-state index in [0.717, 1.165) is 5.56 Å².